The Morgan fingerprint density at radius 3 is 2.87 bits per heavy atom. The Kier molecular flexibility index (Phi) is 3.07. The molecule has 1 aliphatic rings. The SMILES string of the molecule is Cc1c(Cl)ncnc1N(CCO)C1CC1. The lowest BCUT2D eigenvalue weighted by Gasteiger charge is -2.23. The van der Waals surface area contributed by atoms with Crippen LogP contribution in [-0.2, 0) is 0 Å². The number of nitrogens with zero attached hydrogens (tertiary/aromatic N) is 3. The molecule has 15 heavy (non-hydrogen) atoms. The van der Waals surface area contributed by atoms with Crippen LogP contribution in [0.25, 0.3) is 0 Å². The fourth-order valence-electron chi connectivity index (χ4n) is 1.67. The Hall–Kier alpha value is -0.870. The number of aromatic nitrogens is 2. The Bertz CT molecular complexity index is 355. The molecule has 0 aromatic carbocycles. The number of anilines is 1. The largest absolute Gasteiger partial charge is 0.395 e. The summed E-state index contributed by atoms with van der Waals surface area (Å²) >= 11 is 5.94. The predicted octanol–water partition coefficient (Wildman–Crippen LogP) is 1.40. The number of hydrogen-bond donors (Lipinski definition) is 1. The van der Waals surface area contributed by atoms with Gasteiger partial charge in [-0.3, -0.25) is 0 Å². The van der Waals surface area contributed by atoms with Gasteiger partial charge in [-0.05, 0) is 19.8 Å². The fourth-order valence-corrected chi connectivity index (χ4v) is 1.79. The lowest BCUT2D eigenvalue weighted by molar-refractivity contribution is 0.301. The highest BCUT2D eigenvalue weighted by molar-refractivity contribution is 6.30. The molecule has 0 amide bonds. The van der Waals surface area contributed by atoms with E-state index in [1.54, 1.807) is 0 Å². The van der Waals surface area contributed by atoms with Crippen molar-refractivity contribution in [1.29, 1.82) is 0 Å². The van der Waals surface area contributed by atoms with Gasteiger partial charge in [-0.15, -0.1) is 0 Å². The fraction of sp³-hybridized carbons (Fsp3) is 0.600. The van der Waals surface area contributed by atoms with E-state index in [0.29, 0.717) is 17.7 Å². The zero-order valence-corrected chi connectivity index (χ0v) is 9.41. The molecule has 0 saturated heterocycles. The zero-order valence-electron chi connectivity index (χ0n) is 8.65. The smallest absolute Gasteiger partial charge is 0.137 e. The summed E-state index contributed by atoms with van der Waals surface area (Å²) < 4.78 is 0. The van der Waals surface area contributed by atoms with Crippen molar-refractivity contribution in [3.63, 3.8) is 0 Å². The molecule has 4 nitrogen and oxygen atoms in total. The van der Waals surface area contributed by atoms with E-state index >= 15 is 0 Å². The maximum atomic E-state index is 9.02. The molecule has 1 aliphatic carbocycles. The molecule has 0 aliphatic heterocycles. The van der Waals surface area contributed by atoms with Crippen molar-refractivity contribution in [2.75, 3.05) is 18.1 Å². The number of hydrogen-bond acceptors (Lipinski definition) is 4. The number of rotatable bonds is 4. The summed E-state index contributed by atoms with van der Waals surface area (Å²) in [5.41, 5.74) is 0.888. The Labute approximate surface area is 93.9 Å². The van der Waals surface area contributed by atoms with Gasteiger partial charge in [0.25, 0.3) is 0 Å². The first-order valence-corrected chi connectivity index (χ1v) is 5.46. The standard InChI is InChI=1S/C10H14ClN3O/c1-7-9(11)12-6-13-10(7)14(4-5-15)8-2-3-8/h6,8,15H,2-5H2,1H3. The maximum Gasteiger partial charge on any atom is 0.137 e. The molecule has 0 radical (unpaired) electrons. The van der Waals surface area contributed by atoms with Crippen molar-refractivity contribution in [2.24, 2.45) is 0 Å². The highest BCUT2D eigenvalue weighted by atomic mass is 35.5. The summed E-state index contributed by atoms with van der Waals surface area (Å²) in [4.78, 5) is 10.3. The highest BCUT2D eigenvalue weighted by Gasteiger charge is 2.30. The average molecular weight is 228 g/mol. The van der Waals surface area contributed by atoms with Crippen LogP contribution in [0.1, 0.15) is 18.4 Å². The van der Waals surface area contributed by atoms with E-state index in [4.69, 9.17) is 16.7 Å². The Balaban J connectivity index is 2.28. The minimum Gasteiger partial charge on any atom is -0.395 e. The number of halogens is 1. The van der Waals surface area contributed by atoms with Gasteiger partial charge >= 0.3 is 0 Å². The maximum absolute atomic E-state index is 9.02. The molecule has 0 unspecified atom stereocenters. The molecular weight excluding hydrogens is 214 g/mol. The second kappa shape index (κ2) is 4.33. The molecule has 2 rings (SSSR count). The summed E-state index contributed by atoms with van der Waals surface area (Å²) in [5, 5.41) is 9.51. The van der Waals surface area contributed by atoms with Crippen LogP contribution in [0.15, 0.2) is 6.33 Å². The van der Waals surface area contributed by atoms with E-state index in [2.05, 4.69) is 14.9 Å². The van der Waals surface area contributed by atoms with Crippen LogP contribution in [0.4, 0.5) is 5.82 Å². The quantitative estimate of drug-likeness (QED) is 0.790. The molecule has 1 fully saturated rings. The molecule has 0 bridgehead atoms. The van der Waals surface area contributed by atoms with Crippen LogP contribution in [0.5, 0.6) is 0 Å². The molecule has 0 atom stereocenters. The molecule has 1 N–H and O–H groups in total. The van der Waals surface area contributed by atoms with Gasteiger partial charge in [-0.2, -0.15) is 0 Å². The highest BCUT2D eigenvalue weighted by Crippen LogP contribution is 2.32. The number of aliphatic hydroxyl groups excluding tert-OH is 1. The van der Waals surface area contributed by atoms with E-state index in [-0.39, 0.29) is 6.61 Å². The van der Waals surface area contributed by atoms with E-state index in [0.717, 1.165) is 11.4 Å². The third-order valence-electron chi connectivity index (χ3n) is 2.60. The molecule has 1 aromatic heterocycles. The molecule has 0 spiro atoms. The monoisotopic (exact) mass is 227 g/mol. The van der Waals surface area contributed by atoms with Gasteiger partial charge in [0.15, 0.2) is 0 Å². The van der Waals surface area contributed by atoms with Crippen LogP contribution in [0.2, 0.25) is 5.15 Å². The zero-order chi connectivity index (χ0) is 10.8. The molecule has 1 aromatic rings. The van der Waals surface area contributed by atoms with Crippen molar-refractivity contribution in [1.82, 2.24) is 9.97 Å². The summed E-state index contributed by atoms with van der Waals surface area (Å²) in [6.07, 6.45) is 3.81. The van der Waals surface area contributed by atoms with Crippen molar-refractivity contribution >= 4 is 17.4 Å². The van der Waals surface area contributed by atoms with E-state index in [1.165, 1.54) is 19.2 Å². The molecule has 1 heterocycles. The normalized spacial score (nSPS) is 15.4. The van der Waals surface area contributed by atoms with Crippen molar-refractivity contribution < 1.29 is 5.11 Å². The van der Waals surface area contributed by atoms with Gasteiger partial charge < -0.3 is 10.0 Å². The minimum absolute atomic E-state index is 0.136. The third kappa shape index (κ3) is 2.21. The van der Waals surface area contributed by atoms with Gasteiger partial charge in [0.2, 0.25) is 0 Å². The summed E-state index contributed by atoms with van der Waals surface area (Å²) in [6, 6.07) is 0.516. The Morgan fingerprint density at radius 2 is 2.27 bits per heavy atom. The molecule has 1 saturated carbocycles. The summed E-state index contributed by atoms with van der Waals surface area (Å²) in [7, 11) is 0. The van der Waals surface area contributed by atoms with E-state index in [9.17, 15) is 0 Å². The van der Waals surface area contributed by atoms with Gasteiger partial charge in [0, 0.05) is 18.2 Å². The van der Waals surface area contributed by atoms with Crippen LogP contribution >= 0.6 is 11.6 Å². The van der Waals surface area contributed by atoms with Crippen molar-refractivity contribution in [3.8, 4) is 0 Å². The van der Waals surface area contributed by atoms with Crippen LogP contribution in [0.3, 0.4) is 0 Å². The molecular formula is C10H14ClN3O. The van der Waals surface area contributed by atoms with Gasteiger partial charge in [0.05, 0.1) is 6.61 Å². The predicted molar refractivity (Wildman–Crippen MR) is 59.2 cm³/mol. The summed E-state index contributed by atoms with van der Waals surface area (Å²) in [5.74, 6) is 0.853. The molecule has 5 heteroatoms. The van der Waals surface area contributed by atoms with Gasteiger partial charge in [-0.25, -0.2) is 9.97 Å². The first-order valence-electron chi connectivity index (χ1n) is 5.08. The van der Waals surface area contributed by atoms with Gasteiger partial charge in [-0.1, -0.05) is 11.6 Å². The molecule has 82 valence electrons. The topological polar surface area (TPSA) is 49.2 Å². The second-order valence-electron chi connectivity index (χ2n) is 3.76. The third-order valence-corrected chi connectivity index (χ3v) is 2.98. The first kappa shape index (κ1) is 10.6. The first-order chi connectivity index (χ1) is 7.24. The lowest BCUT2D eigenvalue weighted by atomic mass is 10.3. The van der Waals surface area contributed by atoms with E-state index < -0.39 is 0 Å². The summed E-state index contributed by atoms with van der Waals surface area (Å²) in [6.45, 7) is 2.65. The van der Waals surface area contributed by atoms with Crippen LogP contribution in [0, 0.1) is 6.92 Å². The van der Waals surface area contributed by atoms with E-state index in [1.807, 2.05) is 6.92 Å². The lowest BCUT2D eigenvalue weighted by Crippen LogP contribution is -2.30. The van der Waals surface area contributed by atoms with Crippen LogP contribution in [-0.4, -0.2) is 34.3 Å². The second-order valence-corrected chi connectivity index (χ2v) is 4.12. The van der Waals surface area contributed by atoms with Crippen molar-refractivity contribution in [3.05, 3.63) is 17.0 Å². The average Bonchev–Trinajstić information content (AvgIpc) is 3.03. The van der Waals surface area contributed by atoms with Crippen LogP contribution < -0.4 is 4.90 Å². The number of aliphatic hydroxyl groups is 1. The Morgan fingerprint density at radius 1 is 1.53 bits per heavy atom. The van der Waals surface area contributed by atoms with Crippen molar-refractivity contribution in [2.45, 2.75) is 25.8 Å². The minimum atomic E-state index is 0.136. The van der Waals surface area contributed by atoms with Gasteiger partial charge in [0.1, 0.15) is 17.3 Å².